The van der Waals surface area contributed by atoms with Crippen LogP contribution in [0.15, 0.2) is 6.33 Å². The molecule has 20 heavy (non-hydrogen) atoms. The monoisotopic (exact) mass is 277 g/mol. The molecule has 1 saturated carbocycles. The molecule has 0 saturated heterocycles. The molecule has 0 aliphatic heterocycles. The van der Waals surface area contributed by atoms with E-state index in [1.807, 2.05) is 7.05 Å². The van der Waals surface area contributed by atoms with Crippen LogP contribution in [-0.2, 0) is 6.42 Å². The van der Waals surface area contributed by atoms with Crippen molar-refractivity contribution in [3.05, 3.63) is 11.9 Å². The van der Waals surface area contributed by atoms with Gasteiger partial charge in [0.15, 0.2) is 0 Å². The van der Waals surface area contributed by atoms with Crippen molar-refractivity contribution in [2.75, 3.05) is 12.4 Å². The van der Waals surface area contributed by atoms with E-state index in [1.54, 1.807) is 6.33 Å². The van der Waals surface area contributed by atoms with Crippen LogP contribution in [0.25, 0.3) is 0 Å². The first-order chi connectivity index (χ1) is 9.78. The van der Waals surface area contributed by atoms with Gasteiger partial charge in [-0.15, -0.1) is 0 Å². The van der Waals surface area contributed by atoms with E-state index in [1.165, 1.54) is 25.7 Å². The van der Waals surface area contributed by atoms with Crippen molar-refractivity contribution in [2.45, 2.75) is 64.9 Å². The highest BCUT2D eigenvalue weighted by atomic mass is 16.5. The van der Waals surface area contributed by atoms with Gasteiger partial charge >= 0.3 is 0 Å². The number of nitrogens with one attached hydrogen (secondary N) is 1. The van der Waals surface area contributed by atoms with Crippen molar-refractivity contribution >= 4 is 5.82 Å². The van der Waals surface area contributed by atoms with Crippen LogP contribution in [-0.4, -0.2) is 23.1 Å². The number of rotatable bonds is 6. The number of hydrogen-bond donors (Lipinski definition) is 1. The lowest BCUT2D eigenvalue weighted by molar-refractivity contribution is 0.116. The van der Waals surface area contributed by atoms with Crippen molar-refractivity contribution in [1.29, 1.82) is 0 Å². The van der Waals surface area contributed by atoms with Gasteiger partial charge in [-0.1, -0.05) is 33.1 Å². The molecule has 1 aliphatic rings. The standard InChI is InChI=1S/C16H27N3O/c1-4-7-14-15(17-3)18-11-19-16(14)20-13-9-6-8-12(5-2)10-13/h11-13H,4-10H2,1-3H3,(H,17,18,19). The van der Waals surface area contributed by atoms with Crippen LogP contribution in [0.1, 0.15) is 57.9 Å². The quantitative estimate of drug-likeness (QED) is 0.858. The zero-order valence-electron chi connectivity index (χ0n) is 13.0. The van der Waals surface area contributed by atoms with Crippen LogP contribution in [0.2, 0.25) is 0 Å². The first kappa shape index (κ1) is 15.1. The molecular weight excluding hydrogens is 250 g/mol. The largest absolute Gasteiger partial charge is 0.474 e. The number of anilines is 1. The Labute approximate surface area is 122 Å². The summed E-state index contributed by atoms with van der Waals surface area (Å²) in [6.45, 7) is 4.45. The van der Waals surface area contributed by atoms with Crippen LogP contribution in [0.5, 0.6) is 5.88 Å². The van der Waals surface area contributed by atoms with Gasteiger partial charge in [0.25, 0.3) is 0 Å². The zero-order valence-corrected chi connectivity index (χ0v) is 13.0. The van der Waals surface area contributed by atoms with Crippen LogP contribution in [0.4, 0.5) is 5.82 Å². The Bertz CT molecular complexity index is 422. The van der Waals surface area contributed by atoms with Gasteiger partial charge in [0.2, 0.25) is 5.88 Å². The lowest BCUT2D eigenvalue weighted by Crippen LogP contribution is -2.26. The lowest BCUT2D eigenvalue weighted by Gasteiger charge is -2.29. The topological polar surface area (TPSA) is 47.0 Å². The van der Waals surface area contributed by atoms with Crippen molar-refractivity contribution in [2.24, 2.45) is 5.92 Å². The van der Waals surface area contributed by atoms with E-state index in [4.69, 9.17) is 4.74 Å². The van der Waals surface area contributed by atoms with Gasteiger partial charge < -0.3 is 10.1 Å². The summed E-state index contributed by atoms with van der Waals surface area (Å²) in [7, 11) is 1.90. The molecule has 1 N–H and O–H groups in total. The number of nitrogens with zero attached hydrogens (tertiary/aromatic N) is 2. The third-order valence-corrected chi connectivity index (χ3v) is 4.23. The summed E-state index contributed by atoms with van der Waals surface area (Å²) in [6.07, 6.45) is 10.1. The summed E-state index contributed by atoms with van der Waals surface area (Å²) in [5.41, 5.74) is 1.12. The summed E-state index contributed by atoms with van der Waals surface area (Å²) in [5.74, 6) is 2.50. The number of aromatic nitrogens is 2. The summed E-state index contributed by atoms with van der Waals surface area (Å²) in [6, 6.07) is 0. The summed E-state index contributed by atoms with van der Waals surface area (Å²) < 4.78 is 6.22. The molecule has 0 radical (unpaired) electrons. The summed E-state index contributed by atoms with van der Waals surface area (Å²) >= 11 is 0. The molecule has 112 valence electrons. The van der Waals surface area contributed by atoms with E-state index in [0.717, 1.165) is 42.4 Å². The first-order valence-corrected chi connectivity index (χ1v) is 7.96. The van der Waals surface area contributed by atoms with E-state index in [-0.39, 0.29) is 0 Å². The predicted molar refractivity (Wildman–Crippen MR) is 82.2 cm³/mol. The van der Waals surface area contributed by atoms with Crippen molar-refractivity contribution < 1.29 is 4.74 Å². The second-order valence-electron chi connectivity index (χ2n) is 5.69. The Morgan fingerprint density at radius 2 is 2.15 bits per heavy atom. The molecule has 4 nitrogen and oxygen atoms in total. The maximum absolute atomic E-state index is 6.22. The third-order valence-electron chi connectivity index (χ3n) is 4.23. The average Bonchev–Trinajstić information content (AvgIpc) is 2.49. The summed E-state index contributed by atoms with van der Waals surface area (Å²) in [5, 5.41) is 3.15. The molecule has 2 unspecified atom stereocenters. The van der Waals surface area contributed by atoms with Crippen LogP contribution < -0.4 is 10.1 Å². The average molecular weight is 277 g/mol. The molecule has 1 fully saturated rings. The van der Waals surface area contributed by atoms with E-state index in [9.17, 15) is 0 Å². The highest BCUT2D eigenvalue weighted by molar-refractivity contribution is 5.48. The van der Waals surface area contributed by atoms with Gasteiger partial charge in [-0.2, -0.15) is 0 Å². The molecule has 4 heteroatoms. The fourth-order valence-electron chi connectivity index (χ4n) is 3.07. The SMILES string of the molecule is CCCc1c(NC)ncnc1OC1CCCC(CC)C1. The Balaban J connectivity index is 2.11. The van der Waals surface area contributed by atoms with E-state index in [2.05, 4.69) is 29.1 Å². The van der Waals surface area contributed by atoms with Crippen LogP contribution in [0, 0.1) is 5.92 Å². The zero-order chi connectivity index (χ0) is 14.4. The maximum Gasteiger partial charge on any atom is 0.222 e. The van der Waals surface area contributed by atoms with Gasteiger partial charge in [-0.05, 0) is 31.6 Å². The Kier molecular flexibility index (Phi) is 5.62. The Morgan fingerprint density at radius 3 is 2.85 bits per heavy atom. The lowest BCUT2D eigenvalue weighted by atomic mass is 9.85. The van der Waals surface area contributed by atoms with E-state index >= 15 is 0 Å². The van der Waals surface area contributed by atoms with Crippen molar-refractivity contribution in [1.82, 2.24) is 9.97 Å². The van der Waals surface area contributed by atoms with Crippen LogP contribution in [0.3, 0.4) is 0 Å². The maximum atomic E-state index is 6.22. The molecule has 0 spiro atoms. The third kappa shape index (κ3) is 3.62. The molecule has 0 amide bonds. The number of hydrogen-bond acceptors (Lipinski definition) is 4. The van der Waals surface area contributed by atoms with Gasteiger partial charge in [0.1, 0.15) is 18.2 Å². The molecule has 1 heterocycles. The minimum Gasteiger partial charge on any atom is -0.474 e. The highest BCUT2D eigenvalue weighted by Gasteiger charge is 2.24. The minimum absolute atomic E-state index is 0.323. The van der Waals surface area contributed by atoms with E-state index in [0.29, 0.717) is 6.10 Å². The molecular formula is C16H27N3O. The molecule has 0 bridgehead atoms. The van der Waals surface area contributed by atoms with Gasteiger partial charge in [-0.3, -0.25) is 0 Å². The van der Waals surface area contributed by atoms with Gasteiger partial charge in [-0.25, -0.2) is 9.97 Å². The van der Waals surface area contributed by atoms with Crippen molar-refractivity contribution in [3.8, 4) is 5.88 Å². The molecule has 1 aromatic rings. The fraction of sp³-hybridized carbons (Fsp3) is 0.750. The molecule has 2 rings (SSSR count). The molecule has 1 aliphatic carbocycles. The van der Waals surface area contributed by atoms with Gasteiger partial charge in [0.05, 0.1) is 5.56 Å². The van der Waals surface area contributed by atoms with Crippen LogP contribution >= 0.6 is 0 Å². The second-order valence-corrected chi connectivity index (χ2v) is 5.69. The molecule has 0 aromatic carbocycles. The molecule has 1 aromatic heterocycles. The summed E-state index contributed by atoms with van der Waals surface area (Å²) in [4.78, 5) is 8.68. The highest BCUT2D eigenvalue weighted by Crippen LogP contribution is 2.31. The first-order valence-electron chi connectivity index (χ1n) is 7.96. The smallest absolute Gasteiger partial charge is 0.222 e. The minimum atomic E-state index is 0.323. The normalized spacial score (nSPS) is 22.6. The van der Waals surface area contributed by atoms with Gasteiger partial charge in [0, 0.05) is 7.05 Å². The fourth-order valence-corrected chi connectivity index (χ4v) is 3.07. The predicted octanol–water partition coefficient (Wildman–Crippen LogP) is 3.82. The second kappa shape index (κ2) is 7.46. The Hall–Kier alpha value is -1.32. The number of ether oxygens (including phenoxy) is 1. The van der Waals surface area contributed by atoms with Crippen molar-refractivity contribution in [3.63, 3.8) is 0 Å². The molecule has 2 atom stereocenters. The van der Waals surface area contributed by atoms with E-state index < -0.39 is 0 Å². The Morgan fingerprint density at radius 1 is 1.30 bits per heavy atom.